The molecular weight excluding hydrogens is 393 g/mol. The van der Waals surface area contributed by atoms with Gasteiger partial charge in [-0.1, -0.05) is 30.3 Å². The number of piperidine rings is 1. The first-order valence-corrected chi connectivity index (χ1v) is 10.8. The van der Waals surface area contributed by atoms with Crippen LogP contribution in [0.2, 0.25) is 0 Å². The number of aromatic amines is 1. The second-order valence-electron chi connectivity index (χ2n) is 8.42. The molecule has 2 aromatic carbocycles. The smallest absolute Gasteiger partial charge is 0.227 e. The summed E-state index contributed by atoms with van der Waals surface area (Å²) in [6.45, 7) is 3.49. The van der Waals surface area contributed by atoms with Gasteiger partial charge in [-0.05, 0) is 49.1 Å². The molecule has 0 bridgehead atoms. The van der Waals surface area contributed by atoms with Gasteiger partial charge in [-0.2, -0.15) is 0 Å². The van der Waals surface area contributed by atoms with Crippen LogP contribution in [0.3, 0.4) is 0 Å². The molecule has 6 heteroatoms. The van der Waals surface area contributed by atoms with E-state index in [1.165, 1.54) is 17.5 Å². The summed E-state index contributed by atoms with van der Waals surface area (Å²) in [5.74, 6) is -0.361. The van der Waals surface area contributed by atoms with E-state index in [9.17, 15) is 14.0 Å². The fourth-order valence-corrected chi connectivity index (χ4v) is 4.41. The standard InChI is InChI=1S/C25H28FN3O2/c1-17-21-8-3-4-9-22(21)27-23(17)16-28(2)25(31)19-10-11-24(30)29(15-19)13-12-18-6-5-7-20(26)14-18/h3-9,14,19,27H,10-13,15-16H2,1-2H3. The van der Waals surface area contributed by atoms with Gasteiger partial charge in [0, 0.05) is 43.2 Å². The van der Waals surface area contributed by atoms with E-state index < -0.39 is 0 Å². The van der Waals surface area contributed by atoms with E-state index in [-0.39, 0.29) is 23.5 Å². The van der Waals surface area contributed by atoms with Crippen molar-refractivity contribution in [3.63, 3.8) is 0 Å². The lowest BCUT2D eigenvalue weighted by atomic mass is 9.95. The Kier molecular flexibility index (Phi) is 6.07. The molecule has 0 radical (unpaired) electrons. The highest BCUT2D eigenvalue weighted by molar-refractivity contribution is 5.85. The molecule has 2 heterocycles. The first-order chi connectivity index (χ1) is 14.9. The predicted molar refractivity (Wildman–Crippen MR) is 119 cm³/mol. The average Bonchev–Trinajstić information content (AvgIpc) is 3.08. The van der Waals surface area contributed by atoms with Crippen LogP contribution < -0.4 is 0 Å². The molecule has 162 valence electrons. The molecule has 1 aliphatic rings. The largest absolute Gasteiger partial charge is 0.357 e. The number of para-hydroxylation sites is 1. The van der Waals surface area contributed by atoms with Crippen LogP contribution in [-0.2, 0) is 22.6 Å². The van der Waals surface area contributed by atoms with E-state index in [4.69, 9.17) is 0 Å². The Hall–Kier alpha value is -3.15. The lowest BCUT2D eigenvalue weighted by molar-refractivity contribution is -0.142. The van der Waals surface area contributed by atoms with E-state index in [1.54, 1.807) is 15.9 Å². The fraction of sp³-hybridized carbons (Fsp3) is 0.360. The van der Waals surface area contributed by atoms with Crippen molar-refractivity contribution in [2.75, 3.05) is 20.1 Å². The molecule has 5 nitrogen and oxygen atoms in total. The van der Waals surface area contributed by atoms with Crippen molar-refractivity contribution in [3.8, 4) is 0 Å². The summed E-state index contributed by atoms with van der Waals surface area (Å²) in [6, 6.07) is 14.6. The number of rotatable bonds is 6. The number of nitrogens with zero attached hydrogens (tertiary/aromatic N) is 2. The maximum atomic E-state index is 13.4. The van der Waals surface area contributed by atoms with Crippen molar-refractivity contribution in [1.82, 2.24) is 14.8 Å². The lowest BCUT2D eigenvalue weighted by Crippen LogP contribution is -2.46. The quantitative estimate of drug-likeness (QED) is 0.653. The summed E-state index contributed by atoms with van der Waals surface area (Å²) < 4.78 is 13.4. The van der Waals surface area contributed by atoms with Crippen molar-refractivity contribution >= 4 is 22.7 Å². The van der Waals surface area contributed by atoms with E-state index in [1.807, 2.05) is 31.3 Å². The minimum atomic E-state index is -0.274. The van der Waals surface area contributed by atoms with Gasteiger partial charge in [0.15, 0.2) is 0 Å². The Morgan fingerprint density at radius 3 is 2.81 bits per heavy atom. The Labute approximate surface area is 181 Å². The Morgan fingerprint density at radius 2 is 2.03 bits per heavy atom. The highest BCUT2D eigenvalue weighted by atomic mass is 19.1. The maximum absolute atomic E-state index is 13.4. The van der Waals surface area contributed by atoms with Gasteiger partial charge in [-0.3, -0.25) is 9.59 Å². The Balaban J connectivity index is 1.39. The van der Waals surface area contributed by atoms with Gasteiger partial charge in [0.05, 0.1) is 12.5 Å². The van der Waals surface area contributed by atoms with Gasteiger partial charge in [0.2, 0.25) is 11.8 Å². The molecule has 1 unspecified atom stereocenters. The third-order valence-electron chi connectivity index (χ3n) is 6.25. The van der Waals surface area contributed by atoms with E-state index in [2.05, 4.69) is 18.0 Å². The zero-order valence-corrected chi connectivity index (χ0v) is 18.0. The highest BCUT2D eigenvalue weighted by Gasteiger charge is 2.32. The van der Waals surface area contributed by atoms with Crippen LogP contribution in [0.1, 0.15) is 29.7 Å². The molecule has 0 saturated carbocycles. The first-order valence-electron chi connectivity index (χ1n) is 10.8. The van der Waals surface area contributed by atoms with Crippen molar-refractivity contribution in [2.24, 2.45) is 5.92 Å². The molecule has 1 N–H and O–H groups in total. The number of benzene rings is 2. The fourth-order valence-electron chi connectivity index (χ4n) is 4.41. The molecule has 1 fully saturated rings. The number of H-pyrrole nitrogens is 1. The van der Waals surface area contributed by atoms with Gasteiger partial charge < -0.3 is 14.8 Å². The molecular formula is C25H28FN3O2. The van der Waals surface area contributed by atoms with E-state index in [0.717, 1.165) is 22.3 Å². The van der Waals surface area contributed by atoms with Gasteiger partial charge in [0.1, 0.15) is 5.82 Å². The number of hydrogen-bond donors (Lipinski definition) is 1. The molecule has 0 spiro atoms. The van der Waals surface area contributed by atoms with Crippen LogP contribution in [-0.4, -0.2) is 46.7 Å². The monoisotopic (exact) mass is 421 g/mol. The minimum Gasteiger partial charge on any atom is -0.357 e. The number of aryl methyl sites for hydroxylation is 1. The third-order valence-corrected chi connectivity index (χ3v) is 6.25. The summed E-state index contributed by atoms with van der Waals surface area (Å²) in [4.78, 5) is 32.4. The second kappa shape index (κ2) is 8.92. The molecule has 2 amide bonds. The molecule has 1 aliphatic heterocycles. The van der Waals surface area contributed by atoms with Crippen LogP contribution in [0.25, 0.3) is 10.9 Å². The summed E-state index contributed by atoms with van der Waals surface area (Å²) in [7, 11) is 1.82. The van der Waals surface area contributed by atoms with Crippen LogP contribution >= 0.6 is 0 Å². The number of nitrogens with one attached hydrogen (secondary N) is 1. The van der Waals surface area contributed by atoms with Gasteiger partial charge in [0.25, 0.3) is 0 Å². The van der Waals surface area contributed by atoms with Crippen molar-refractivity contribution in [2.45, 2.75) is 32.7 Å². The van der Waals surface area contributed by atoms with Gasteiger partial charge in [-0.25, -0.2) is 4.39 Å². The first kappa shape index (κ1) is 21.1. The molecule has 1 saturated heterocycles. The second-order valence-corrected chi connectivity index (χ2v) is 8.42. The van der Waals surface area contributed by atoms with Gasteiger partial charge in [-0.15, -0.1) is 0 Å². The molecule has 0 aliphatic carbocycles. The highest BCUT2D eigenvalue weighted by Crippen LogP contribution is 2.24. The summed E-state index contributed by atoms with van der Waals surface area (Å²) >= 11 is 0. The van der Waals surface area contributed by atoms with Crippen LogP contribution in [0.15, 0.2) is 48.5 Å². The molecule has 4 rings (SSSR count). The van der Waals surface area contributed by atoms with Crippen LogP contribution in [0.4, 0.5) is 4.39 Å². The molecule has 31 heavy (non-hydrogen) atoms. The zero-order valence-electron chi connectivity index (χ0n) is 18.0. The van der Waals surface area contributed by atoms with Crippen LogP contribution in [0, 0.1) is 18.7 Å². The maximum Gasteiger partial charge on any atom is 0.227 e. The Bertz CT molecular complexity index is 1110. The Morgan fingerprint density at radius 1 is 1.23 bits per heavy atom. The summed E-state index contributed by atoms with van der Waals surface area (Å²) in [6.07, 6.45) is 1.53. The van der Waals surface area contributed by atoms with Gasteiger partial charge >= 0.3 is 0 Å². The zero-order chi connectivity index (χ0) is 22.0. The number of aromatic nitrogens is 1. The van der Waals surface area contributed by atoms with Crippen molar-refractivity contribution in [1.29, 1.82) is 0 Å². The topological polar surface area (TPSA) is 56.4 Å². The molecule has 1 aromatic heterocycles. The SMILES string of the molecule is Cc1c(CN(C)C(=O)C2CCC(=O)N(CCc3cccc(F)c3)C2)[nH]c2ccccc12. The van der Waals surface area contributed by atoms with Crippen molar-refractivity contribution in [3.05, 3.63) is 71.2 Å². The number of carbonyl (C=O) groups is 2. The average molecular weight is 422 g/mol. The number of amides is 2. The number of halogens is 1. The van der Waals surface area contributed by atoms with Crippen LogP contribution in [0.5, 0.6) is 0 Å². The normalized spacial score (nSPS) is 16.7. The predicted octanol–water partition coefficient (Wildman–Crippen LogP) is 4.06. The minimum absolute atomic E-state index is 0.0568. The molecule has 1 atom stereocenters. The molecule has 3 aromatic rings. The lowest BCUT2D eigenvalue weighted by Gasteiger charge is -2.34. The van der Waals surface area contributed by atoms with E-state index >= 15 is 0 Å². The number of carbonyl (C=O) groups excluding carboxylic acids is 2. The van der Waals surface area contributed by atoms with Crippen molar-refractivity contribution < 1.29 is 14.0 Å². The number of likely N-dealkylation sites (tertiary alicyclic amines) is 1. The third kappa shape index (κ3) is 4.63. The van der Waals surface area contributed by atoms with E-state index in [0.29, 0.717) is 38.9 Å². The number of hydrogen-bond acceptors (Lipinski definition) is 2. The summed E-state index contributed by atoms with van der Waals surface area (Å²) in [5.41, 5.74) is 4.12. The summed E-state index contributed by atoms with van der Waals surface area (Å²) in [5, 5.41) is 1.17. The number of fused-ring (bicyclic) bond motifs is 1.